The minimum atomic E-state index is -0.453. The van der Waals surface area contributed by atoms with Crippen molar-refractivity contribution in [3.8, 4) is 0 Å². The molecular formula is C21H29N5O4S. The molecule has 1 saturated heterocycles. The largest absolute Gasteiger partial charge is 0.378 e. The van der Waals surface area contributed by atoms with E-state index in [2.05, 4.69) is 22.4 Å². The number of ether oxygens (including phenoxy) is 1. The first-order valence-electron chi connectivity index (χ1n) is 10.8. The second-order valence-corrected chi connectivity index (χ2v) is 8.59. The number of rotatable bonds is 11. The molecule has 1 aliphatic rings. The molecule has 1 fully saturated rings. The topological polar surface area (TPSA) is 110 Å². The number of morpholine rings is 1. The Morgan fingerprint density at radius 2 is 1.94 bits per heavy atom. The maximum Gasteiger partial charge on any atom is 0.293 e. The number of carbonyl (C=O) groups is 1. The van der Waals surface area contributed by atoms with E-state index in [9.17, 15) is 14.9 Å². The first-order valence-corrected chi connectivity index (χ1v) is 11.6. The zero-order valence-corrected chi connectivity index (χ0v) is 18.7. The van der Waals surface area contributed by atoms with Gasteiger partial charge >= 0.3 is 0 Å². The number of nitrogens with zero attached hydrogens (tertiary/aromatic N) is 4. The third kappa shape index (κ3) is 6.70. The Bertz CT molecular complexity index is 882. The molecule has 1 amide bonds. The average Bonchev–Trinajstić information content (AvgIpc) is 3.23. The van der Waals surface area contributed by atoms with E-state index < -0.39 is 10.8 Å². The third-order valence-electron chi connectivity index (χ3n) is 5.22. The van der Waals surface area contributed by atoms with Crippen molar-refractivity contribution in [2.45, 2.75) is 51.9 Å². The zero-order valence-electron chi connectivity index (χ0n) is 17.8. The van der Waals surface area contributed by atoms with Gasteiger partial charge < -0.3 is 9.64 Å². The van der Waals surface area contributed by atoms with Crippen LogP contribution in [0.1, 0.15) is 60.8 Å². The number of hydrogen-bond acceptors (Lipinski definition) is 8. The molecule has 0 saturated carbocycles. The molecule has 10 heteroatoms. The molecular weight excluding hydrogens is 418 g/mol. The number of amides is 1. The van der Waals surface area contributed by atoms with Gasteiger partial charge in [-0.1, -0.05) is 50.4 Å². The summed E-state index contributed by atoms with van der Waals surface area (Å²) in [5, 5.41) is 23.8. The van der Waals surface area contributed by atoms with Crippen LogP contribution in [-0.2, 0) is 11.2 Å². The summed E-state index contributed by atoms with van der Waals surface area (Å²) < 4.78 is 5.31. The number of aromatic nitrogens is 2. The molecule has 0 spiro atoms. The lowest BCUT2D eigenvalue weighted by Crippen LogP contribution is -2.36. The summed E-state index contributed by atoms with van der Waals surface area (Å²) in [6.45, 7) is 4.42. The molecule has 2 heterocycles. The fraction of sp³-hybridized carbons (Fsp3) is 0.571. The summed E-state index contributed by atoms with van der Waals surface area (Å²) in [5.41, 5.74) is 0.633. The molecule has 168 valence electrons. The molecule has 0 atom stereocenters. The highest BCUT2D eigenvalue weighted by Crippen LogP contribution is 2.30. The Morgan fingerprint density at radius 1 is 1.19 bits per heavy atom. The van der Waals surface area contributed by atoms with Crippen LogP contribution < -0.4 is 10.2 Å². The molecule has 0 aliphatic carbocycles. The summed E-state index contributed by atoms with van der Waals surface area (Å²) in [6.07, 6.45) is 8.08. The van der Waals surface area contributed by atoms with Gasteiger partial charge in [-0.05, 0) is 18.6 Å². The smallest absolute Gasteiger partial charge is 0.293 e. The molecule has 0 unspecified atom stereocenters. The van der Waals surface area contributed by atoms with Gasteiger partial charge in [-0.2, -0.15) is 0 Å². The van der Waals surface area contributed by atoms with E-state index in [1.165, 1.54) is 49.5 Å². The summed E-state index contributed by atoms with van der Waals surface area (Å²) in [7, 11) is 0. The van der Waals surface area contributed by atoms with Gasteiger partial charge in [0, 0.05) is 31.1 Å². The number of nitro benzene ring substituents is 1. The minimum absolute atomic E-state index is 0.0874. The number of anilines is 2. The van der Waals surface area contributed by atoms with Crippen molar-refractivity contribution in [3.05, 3.63) is 38.9 Å². The Kier molecular flexibility index (Phi) is 8.72. The van der Waals surface area contributed by atoms with E-state index in [4.69, 9.17) is 4.74 Å². The first-order chi connectivity index (χ1) is 15.1. The number of carbonyl (C=O) groups excluding carboxylic acids is 1. The van der Waals surface area contributed by atoms with Crippen LogP contribution in [0.3, 0.4) is 0 Å². The first kappa shape index (κ1) is 23.1. The number of nitrogens with one attached hydrogen (secondary N) is 1. The van der Waals surface area contributed by atoms with Crippen molar-refractivity contribution >= 4 is 33.8 Å². The molecule has 2 aromatic rings. The van der Waals surface area contributed by atoms with Crippen LogP contribution in [0.2, 0.25) is 0 Å². The molecule has 3 rings (SSSR count). The lowest BCUT2D eigenvalue weighted by atomic mass is 10.1. The zero-order chi connectivity index (χ0) is 22.1. The molecule has 0 bridgehead atoms. The van der Waals surface area contributed by atoms with Crippen LogP contribution in [0.15, 0.2) is 18.2 Å². The Balaban J connectivity index is 1.58. The normalized spacial score (nSPS) is 13.9. The van der Waals surface area contributed by atoms with Crippen LogP contribution in [0.4, 0.5) is 16.5 Å². The van der Waals surface area contributed by atoms with Gasteiger partial charge in [-0.15, -0.1) is 10.2 Å². The van der Waals surface area contributed by atoms with Crippen LogP contribution in [0.5, 0.6) is 0 Å². The van der Waals surface area contributed by atoms with E-state index >= 15 is 0 Å². The van der Waals surface area contributed by atoms with Crippen LogP contribution in [0.25, 0.3) is 0 Å². The Morgan fingerprint density at radius 3 is 2.68 bits per heavy atom. The standard InChI is InChI=1S/C21H29N5O4S/c1-2-3-4-5-6-7-8-19-23-24-21(31-19)22-20(27)16-9-10-17(18(15-16)26(28)29)25-11-13-30-14-12-25/h9-10,15H,2-8,11-14H2,1H3,(H,22,24,27). The van der Waals surface area contributed by atoms with Crippen molar-refractivity contribution in [3.63, 3.8) is 0 Å². The highest BCUT2D eigenvalue weighted by Gasteiger charge is 2.23. The quantitative estimate of drug-likeness (QED) is 0.308. The molecule has 31 heavy (non-hydrogen) atoms. The Hall–Kier alpha value is -2.59. The third-order valence-corrected chi connectivity index (χ3v) is 6.12. The predicted molar refractivity (Wildman–Crippen MR) is 121 cm³/mol. The number of aryl methyl sites for hydroxylation is 1. The number of nitro groups is 1. The highest BCUT2D eigenvalue weighted by molar-refractivity contribution is 7.15. The maximum atomic E-state index is 12.6. The molecule has 1 N–H and O–H groups in total. The fourth-order valence-electron chi connectivity index (χ4n) is 3.51. The van der Waals surface area contributed by atoms with Gasteiger partial charge in [0.2, 0.25) is 5.13 Å². The van der Waals surface area contributed by atoms with Gasteiger partial charge in [0.25, 0.3) is 11.6 Å². The SMILES string of the molecule is CCCCCCCCc1nnc(NC(=O)c2ccc(N3CCOCC3)c([N+](=O)[O-])c2)s1. The van der Waals surface area contributed by atoms with E-state index in [1.807, 2.05) is 4.90 Å². The predicted octanol–water partition coefficient (Wildman–Crippen LogP) is 4.44. The summed E-state index contributed by atoms with van der Waals surface area (Å²) in [5.74, 6) is -0.432. The fourth-order valence-corrected chi connectivity index (χ4v) is 4.29. The van der Waals surface area contributed by atoms with Crippen molar-refractivity contribution in [1.82, 2.24) is 10.2 Å². The molecule has 9 nitrogen and oxygen atoms in total. The summed E-state index contributed by atoms with van der Waals surface area (Å²) in [6, 6.07) is 4.55. The van der Waals surface area contributed by atoms with Gasteiger partial charge in [0.15, 0.2) is 0 Å². The molecule has 1 aromatic carbocycles. The van der Waals surface area contributed by atoms with E-state index in [1.54, 1.807) is 12.1 Å². The highest BCUT2D eigenvalue weighted by atomic mass is 32.1. The molecule has 0 radical (unpaired) electrons. The van der Waals surface area contributed by atoms with Crippen molar-refractivity contribution in [2.24, 2.45) is 0 Å². The maximum absolute atomic E-state index is 12.6. The minimum Gasteiger partial charge on any atom is -0.378 e. The monoisotopic (exact) mass is 447 g/mol. The van der Waals surface area contributed by atoms with Gasteiger partial charge in [-0.25, -0.2) is 0 Å². The van der Waals surface area contributed by atoms with Crippen molar-refractivity contribution < 1.29 is 14.5 Å². The van der Waals surface area contributed by atoms with E-state index in [-0.39, 0.29) is 11.3 Å². The van der Waals surface area contributed by atoms with E-state index in [0.717, 1.165) is 17.8 Å². The summed E-state index contributed by atoms with van der Waals surface area (Å²) in [4.78, 5) is 25.7. The van der Waals surface area contributed by atoms with Gasteiger partial charge in [0.1, 0.15) is 10.7 Å². The van der Waals surface area contributed by atoms with Gasteiger partial charge in [0.05, 0.1) is 18.1 Å². The average molecular weight is 448 g/mol. The number of benzene rings is 1. The number of unbranched alkanes of at least 4 members (excludes halogenated alkanes) is 5. The summed E-state index contributed by atoms with van der Waals surface area (Å²) >= 11 is 1.35. The van der Waals surface area contributed by atoms with Crippen molar-refractivity contribution in [2.75, 3.05) is 36.5 Å². The van der Waals surface area contributed by atoms with Gasteiger partial charge in [-0.3, -0.25) is 20.2 Å². The van der Waals surface area contributed by atoms with Crippen LogP contribution in [0, 0.1) is 10.1 Å². The number of hydrogen-bond donors (Lipinski definition) is 1. The lowest BCUT2D eigenvalue weighted by Gasteiger charge is -2.28. The second kappa shape index (κ2) is 11.7. The lowest BCUT2D eigenvalue weighted by molar-refractivity contribution is -0.384. The van der Waals surface area contributed by atoms with E-state index in [0.29, 0.717) is 37.1 Å². The van der Waals surface area contributed by atoms with Crippen LogP contribution >= 0.6 is 11.3 Å². The molecule has 1 aromatic heterocycles. The van der Waals surface area contributed by atoms with Crippen LogP contribution in [-0.4, -0.2) is 47.3 Å². The second-order valence-electron chi connectivity index (χ2n) is 7.53. The Labute approximate surface area is 186 Å². The molecule has 1 aliphatic heterocycles. The van der Waals surface area contributed by atoms with Crippen molar-refractivity contribution in [1.29, 1.82) is 0 Å².